The number of sulfonamides is 1. The van der Waals surface area contributed by atoms with E-state index in [9.17, 15) is 17.6 Å². The van der Waals surface area contributed by atoms with Gasteiger partial charge in [-0.3, -0.25) is 9.10 Å². The van der Waals surface area contributed by atoms with Gasteiger partial charge in [0.25, 0.3) is 0 Å². The van der Waals surface area contributed by atoms with E-state index in [0.717, 1.165) is 10.6 Å². The smallest absolute Gasteiger partial charge is 0.232 e. The van der Waals surface area contributed by atoms with Crippen molar-refractivity contribution in [2.75, 3.05) is 23.7 Å². The molecule has 0 saturated carbocycles. The minimum Gasteiger partial charge on any atom is -0.354 e. The second kappa shape index (κ2) is 8.45. The maximum Gasteiger partial charge on any atom is 0.232 e. The van der Waals surface area contributed by atoms with E-state index in [2.05, 4.69) is 5.32 Å². The van der Waals surface area contributed by atoms with Crippen LogP contribution < -0.4 is 9.62 Å². The van der Waals surface area contributed by atoms with Crippen LogP contribution in [0.25, 0.3) is 0 Å². The van der Waals surface area contributed by atoms with Gasteiger partial charge < -0.3 is 5.32 Å². The van der Waals surface area contributed by atoms with E-state index in [0.29, 0.717) is 11.3 Å². The highest BCUT2D eigenvalue weighted by molar-refractivity contribution is 7.92. The van der Waals surface area contributed by atoms with Gasteiger partial charge in [0.15, 0.2) is 0 Å². The number of carbonyl (C=O) groups is 1. The Morgan fingerprint density at radius 3 is 2.62 bits per heavy atom. The lowest BCUT2D eigenvalue weighted by atomic mass is 10.1. The summed E-state index contributed by atoms with van der Waals surface area (Å²) in [5.41, 5.74) is 0.946. The number of carbonyl (C=O) groups excluding carboxylic acids is 1. The Hall–Kier alpha value is -2.92. The number of nitrogens with one attached hydrogen (secondary N) is 1. The predicted molar refractivity (Wildman–Crippen MR) is 96.5 cm³/mol. The van der Waals surface area contributed by atoms with Crippen LogP contribution in [0.5, 0.6) is 0 Å². The third-order valence-corrected chi connectivity index (χ3v) is 4.80. The van der Waals surface area contributed by atoms with Gasteiger partial charge in [-0.2, -0.15) is 5.26 Å². The standard InChI is InChI=1S/C18H18FN3O3S/c1-26(24,25)22(16-7-4-5-14(11-16)13-20)10-9-21-18(23)12-15-6-2-3-8-17(15)19/h2-8,11H,9-10,12H2,1H3,(H,21,23). The number of hydrogen-bond acceptors (Lipinski definition) is 4. The molecule has 0 fully saturated rings. The van der Waals surface area contributed by atoms with E-state index >= 15 is 0 Å². The maximum absolute atomic E-state index is 13.6. The minimum atomic E-state index is -3.59. The highest BCUT2D eigenvalue weighted by Crippen LogP contribution is 2.18. The highest BCUT2D eigenvalue weighted by atomic mass is 32.2. The van der Waals surface area contributed by atoms with Gasteiger partial charge in [-0.05, 0) is 29.8 Å². The Labute approximate surface area is 151 Å². The Morgan fingerprint density at radius 1 is 1.23 bits per heavy atom. The first-order valence-corrected chi connectivity index (χ1v) is 9.64. The summed E-state index contributed by atoms with van der Waals surface area (Å²) in [5.74, 6) is -0.872. The summed E-state index contributed by atoms with van der Waals surface area (Å²) in [4.78, 5) is 11.9. The van der Waals surface area contributed by atoms with Crippen molar-refractivity contribution in [2.45, 2.75) is 6.42 Å². The van der Waals surface area contributed by atoms with Gasteiger partial charge >= 0.3 is 0 Å². The maximum atomic E-state index is 13.6. The average Bonchev–Trinajstić information content (AvgIpc) is 2.59. The summed E-state index contributed by atoms with van der Waals surface area (Å²) in [7, 11) is -3.59. The van der Waals surface area contributed by atoms with Crippen molar-refractivity contribution < 1.29 is 17.6 Å². The second-order valence-corrected chi connectivity index (χ2v) is 7.52. The van der Waals surface area contributed by atoms with Crippen molar-refractivity contribution in [1.82, 2.24) is 5.32 Å². The molecule has 0 bridgehead atoms. The van der Waals surface area contributed by atoms with Crippen molar-refractivity contribution in [2.24, 2.45) is 0 Å². The minimum absolute atomic E-state index is 0.00325. The Bertz CT molecular complexity index is 939. The zero-order chi connectivity index (χ0) is 19.2. The van der Waals surface area contributed by atoms with Gasteiger partial charge in [0.2, 0.25) is 15.9 Å². The number of amides is 1. The molecular weight excluding hydrogens is 357 g/mol. The van der Waals surface area contributed by atoms with Gasteiger partial charge in [-0.15, -0.1) is 0 Å². The molecule has 6 nitrogen and oxygen atoms in total. The first kappa shape index (κ1) is 19.4. The SMILES string of the molecule is CS(=O)(=O)N(CCNC(=O)Cc1ccccc1F)c1cccc(C#N)c1. The number of halogens is 1. The molecule has 0 saturated heterocycles. The first-order valence-electron chi connectivity index (χ1n) is 7.79. The summed E-state index contributed by atoms with van der Waals surface area (Å²) in [6, 6.07) is 14.1. The van der Waals surface area contributed by atoms with E-state index in [1.165, 1.54) is 24.3 Å². The fraction of sp³-hybridized carbons (Fsp3) is 0.222. The molecule has 1 N–H and O–H groups in total. The molecule has 0 aliphatic rings. The van der Waals surface area contributed by atoms with Crippen molar-refractivity contribution in [3.05, 3.63) is 65.5 Å². The molecule has 0 atom stereocenters. The molecule has 8 heteroatoms. The van der Waals surface area contributed by atoms with Gasteiger partial charge in [0.1, 0.15) is 5.82 Å². The molecule has 1 amide bonds. The fourth-order valence-corrected chi connectivity index (χ4v) is 3.31. The molecule has 0 aromatic heterocycles. The molecule has 0 aliphatic carbocycles. The molecule has 0 heterocycles. The normalized spacial score (nSPS) is 10.8. The van der Waals surface area contributed by atoms with E-state index in [1.807, 2.05) is 6.07 Å². The van der Waals surface area contributed by atoms with E-state index < -0.39 is 21.7 Å². The zero-order valence-electron chi connectivity index (χ0n) is 14.1. The topological polar surface area (TPSA) is 90.3 Å². The van der Waals surface area contributed by atoms with Crippen LogP contribution >= 0.6 is 0 Å². The third kappa shape index (κ3) is 5.29. The van der Waals surface area contributed by atoms with Crippen LogP contribution in [-0.4, -0.2) is 33.7 Å². The molecule has 2 aromatic rings. The highest BCUT2D eigenvalue weighted by Gasteiger charge is 2.18. The summed E-state index contributed by atoms with van der Waals surface area (Å²) < 4.78 is 38.7. The molecule has 0 spiro atoms. The predicted octanol–water partition coefficient (Wildman–Crippen LogP) is 1.82. The van der Waals surface area contributed by atoms with Gasteiger partial charge in [0, 0.05) is 6.54 Å². The molecule has 2 rings (SSSR count). The van der Waals surface area contributed by atoms with E-state index in [4.69, 9.17) is 5.26 Å². The Balaban J connectivity index is 2.01. The number of benzene rings is 2. The average molecular weight is 375 g/mol. The number of nitriles is 1. The molecule has 2 aromatic carbocycles. The third-order valence-electron chi connectivity index (χ3n) is 3.61. The van der Waals surface area contributed by atoms with Crippen LogP contribution in [0.1, 0.15) is 11.1 Å². The summed E-state index contributed by atoms with van der Waals surface area (Å²) in [6.07, 6.45) is 0.919. The number of hydrogen-bond donors (Lipinski definition) is 1. The molecule has 0 aliphatic heterocycles. The zero-order valence-corrected chi connectivity index (χ0v) is 15.0. The first-order chi connectivity index (χ1) is 12.3. The van der Waals surface area contributed by atoms with Gasteiger partial charge in [0.05, 0.1) is 36.5 Å². The van der Waals surface area contributed by atoms with Crippen molar-refractivity contribution in [3.63, 3.8) is 0 Å². The lowest BCUT2D eigenvalue weighted by Crippen LogP contribution is -2.38. The Kier molecular flexibility index (Phi) is 6.31. The molecular formula is C18H18FN3O3S. The molecule has 26 heavy (non-hydrogen) atoms. The fourth-order valence-electron chi connectivity index (χ4n) is 2.39. The number of rotatable bonds is 7. The summed E-state index contributed by atoms with van der Waals surface area (Å²) >= 11 is 0. The van der Waals surface area contributed by atoms with Crippen molar-refractivity contribution >= 4 is 21.6 Å². The Morgan fingerprint density at radius 2 is 1.96 bits per heavy atom. The van der Waals surface area contributed by atoms with Crippen molar-refractivity contribution in [3.8, 4) is 6.07 Å². The molecule has 136 valence electrons. The number of nitrogens with zero attached hydrogens (tertiary/aromatic N) is 2. The summed E-state index contributed by atoms with van der Waals surface area (Å²) in [5, 5.41) is 11.5. The second-order valence-electron chi connectivity index (χ2n) is 5.62. The largest absolute Gasteiger partial charge is 0.354 e. The van der Waals surface area contributed by atoms with Gasteiger partial charge in [-0.1, -0.05) is 24.3 Å². The van der Waals surface area contributed by atoms with Crippen LogP contribution in [0.3, 0.4) is 0 Å². The number of anilines is 1. The molecule has 0 radical (unpaired) electrons. The van der Waals surface area contributed by atoms with Crippen LogP contribution in [0.2, 0.25) is 0 Å². The van der Waals surface area contributed by atoms with Crippen molar-refractivity contribution in [1.29, 1.82) is 5.26 Å². The monoisotopic (exact) mass is 375 g/mol. The van der Waals surface area contributed by atoms with E-state index in [1.54, 1.807) is 24.3 Å². The van der Waals surface area contributed by atoms with Crippen LogP contribution in [0, 0.1) is 17.1 Å². The van der Waals surface area contributed by atoms with Crippen LogP contribution in [-0.2, 0) is 21.2 Å². The summed E-state index contributed by atoms with van der Waals surface area (Å²) in [6.45, 7) is 0.0495. The van der Waals surface area contributed by atoms with E-state index in [-0.39, 0.29) is 25.1 Å². The lowest BCUT2D eigenvalue weighted by Gasteiger charge is -2.22. The molecule has 0 unspecified atom stereocenters. The van der Waals surface area contributed by atoms with Crippen LogP contribution in [0.15, 0.2) is 48.5 Å². The lowest BCUT2D eigenvalue weighted by molar-refractivity contribution is -0.120. The van der Waals surface area contributed by atoms with Gasteiger partial charge in [-0.25, -0.2) is 12.8 Å². The quantitative estimate of drug-likeness (QED) is 0.799. The van der Waals surface area contributed by atoms with Crippen LogP contribution in [0.4, 0.5) is 10.1 Å².